The molecule has 0 amide bonds. The minimum Gasteiger partial charge on any atom is -0.507 e. The first-order valence-electron chi connectivity index (χ1n) is 18.2. The van der Waals surface area contributed by atoms with E-state index in [-0.39, 0.29) is 56.7 Å². The van der Waals surface area contributed by atoms with Gasteiger partial charge in [-0.1, -0.05) is 80.4 Å². The minimum atomic E-state index is -1.18. The van der Waals surface area contributed by atoms with Gasteiger partial charge in [0.05, 0.1) is 0 Å². The number of phenolic OH excluding ortho intramolecular Hbond substituents is 6. The number of aromatic hydroxyl groups is 6. The van der Waals surface area contributed by atoms with Gasteiger partial charge in [0.2, 0.25) is 0 Å². The quantitative estimate of drug-likeness (QED) is 0.0481. The first kappa shape index (κ1) is 41.2. The van der Waals surface area contributed by atoms with E-state index in [2.05, 4.69) is 9.98 Å². The number of fused-ring (bicyclic) bond motifs is 2. The summed E-state index contributed by atoms with van der Waals surface area (Å²) in [6, 6.07) is 1.02. The lowest BCUT2D eigenvalue weighted by Crippen LogP contribution is -2.25. The average molecular weight is 745 g/mol. The normalized spacial score (nSPS) is 14.5. The van der Waals surface area contributed by atoms with Gasteiger partial charge in [0, 0.05) is 56.6 Å². The van der Waals surface area contributed by atoms with Crippen molar-refractivity contribution in [2.45, 2.75) is 106 Å². The fraction of sp³-hybridized carbons (Fsp3) is 0.429. The molecule has 8 N–H and O–H groups in total. The number of carbonyl (C=O) groups is 2. The van der Waals surface area contributed by atoms with Crippen molar-refractivity contribution < 1.29 is 50.4 Å². The van der Waals surface area contributed by atoms with Crippen molar-refractivity contribution in [3.63, 3.8) is 0 Å². The molecule has 290 valence electrons. The topological polar surface area (TPSA) is 221 Å². The lowest BCUT2D eigenvalue weighted by Gasteiger charge is -2.24. The monoisotopic (exact) mass is 744 g/mol. The molecule has 0 spiro atoms. The van der Waals surface area contributed by atoms with E-state index in [1.807, 2.05) is 13.8 Å². The van der Waals surface area contributed by atoms with Crippen LogP contribution in [0, 0.1) is 25.7 Å². The van der Waals surface area contributed by atoms with Gasteiger partial charge in [-0.05, 0) is 59.4 Å². The number of carboxylic acid groups (broad SMARTS) is 2. The highest BCUT2D eigenvalue weighted by molar-refractivity contribution is 6.15. The van der Waals surface area contributed by atoms with Crippen molar-refractivity contribution in [1.82, 2.24) is 0 Å². The Morgan fingerprint density at radius 3 is 1.15 bits per heavy atom. The molecule has 0 aliphatic rings. The lowest BCUT2D eigenvalue weighted by molar-refractivity contribution is -0.140. The van der Waals surface area contributed by atoms with E-state index in [9.17, 15) is 50.4 Å². The van der Waals surface area contributed by atoms with E-state index in [1.54, 1.807) is 67.5 Å². The van der Waals surface area contributed by atoms with Crippen LogP contribution < -0.4 is 0 Å². The second kappa shape index (κ2) is 15.8. The molecule has 4 aromatic carbocycles. The third-order valence-electron chi connectivity index (χ3n) is 10.6. The summed E-state index contributed by atoms with van der Waals surface area (Å²) in [4.78, 5) is 32.9. The Labute approximate surface area is 314 Å². The number of benzene rings is 4. The number of hydrogen-bond donors (Lipinski definition) is 8. The summed E-state index contributed by atoms with van der Waals surface area (Å²) in [6.07, 6.45) is 3.28. The van der Waals surface area contributed by atoms with Gasteiger partial charge in [-0.25, -0.2) is 9.59 Å². The molecule has 4 rings (SSSR count). The molecular formula is C42H52N2O10. The molecule has 0 aliphatic carbocycles. The Kier molecular flexibility index (Phi) is 12.1. The highest BCUT2D eigenvalue weighted by Crippen LogP contribution is 2.54. The summed E-state index contributed by atoms with van der Waals surface area (Å²) in [5.41, 5.74) is 1.60. The van der Waals surface area contributed by atoms with Gasteiger partial charge < -0.3 is 40.9 Å². The van der Waals surface area contributed by atoms with Crippen LogP contribution >= 0.6 is 0 Å². The summed E-state index contributed by atoms with van der Waals surface area (Å²) >= 11 is 0. The van der Waals surface area contributed by atoms with Crippen LogP contribution in [0.4, 0.5) is 0 Å². The number of aryl methyl sites for hydroxylation is 2. The first-order chi connectivity index (χ1) is 25.2. The van der Waals surface area contributed by atoms with Crippen LogP contribution in [0.1, 0.15) is 113 Å². The predicted molar refractivity (Wildman–Crippen MR) is 211 cm³/mol. The van der Waals surface area contributed by atoms with Crippen LogP contribution in [0.5, 0.6) is 34.5 Å². The Bertz CT molecular complexity index is 2050. The molecule has 0 fully saturated rings. The fourth-order valence-corrected chi connectivity index (χ4v) is 7.29. The van der Waals surface area contributed by atoms with Crippen LogP contribution in [-0.4, -0.2) is 77.3 Å². The van der Waals surface area contributed by atoms with Crippen molar-refractivity contribution in [3.8, 4) is 45.6 Å². The second-order valence-corrected chi connectivity index (χ2v) is 14.9. The number of phenols is 6. The zero-order valence-corrected chi connectivity index (χ0v) is 32.5. The lowest BCUT2D eigenvalue weighted by atomic mass is 9.83. The zero-order valence-electron chi connectivity index (χ0n) is 32.5. The molecule has 12 heteroatoms. The Balaban J connectivity index is 2.23. The molecule has 0 aliphatic heterocycles. The van der Waals surface area contributed by atoms with Gasteiger partial charge in [0.1, 0.15) is 23.6 Å². The van der Waals surface area contributed by atoms with E-state index in [4.69, 9.17) is 0 Å². The maximum atomic E-state index is 12.3. The highest BCUT2D eigenvalue weighted by atomic mass is 16.4. The van der Waals surface area contributed by atoms with Crippen molar-refractivity contribution in [2.24, 2.45) is 21.8 Å². The van der Waals surface area contributed by atoms with E-state index < -0.39 is 58.5 Å². The van der Waals surface area contributed by atoms with Gasteiger partial charge >= 0.3 is 11.9 Å². The number of rotatable bonds is 13. The minimum absolute atomic E-state index is 0.0570. The van der Waals surface area contributed by atoms with Crippen LogP contribution in [-0.2, 0) is 9.59 Å². The van der Waals surface area contributed by atoms with Crippen molar-refractivity contribution in [1.29, 1.82) is 0 Å². The Morgan fingerprint density at radius 1 is 0.574 bits per heavy atom. The number of aliphatic carboxylic acids is 2. The van der Waals surface area contributed by atoms with Crippen LogP contribution in [0.2, 0.25) is 0 Å². The molecule has 0 saturated heterocycles. The molecule has 54 heavy (non-hydrogen) atoms. The number of carboxylic acids is 2. The van der Waals surface area contributed by atoms with E-state index >= 15 is 0 Å². The molecule has 0 heterocycles. The van der Waals surface area contributed by atoms with Gasteiger partial charge in [-0.2, -0.15) is 0 Å². The standard InChI is InChI=1S/C42H52N2O10/c1-11-19(7)33(41(51)52)43-15-25-31-23(27(17(3)4)39(49)35(25)45)13-21(9)29(37(31)47)30-22(10)14-24-28(18(5)6)40(50)36(46)26(32(24)38(30)48)16-44-34(42(53)54)20(8)12-2/h13-20,33-34,45-50H,11-12H2,1-10H3,(H,51,52)(H,53,54)/t19-,20+,33-,34+. The van der Waals surface area contributed by atoms with Gasteiger partial charge in [-0.15, -0.1) is 0 Å². The fourth-order valence-electron chi connectivity index (χ4n) is 7.29. The predicted octanol–water partition coefficient (Wildman–Crippen LogP) is 8.59. The highest BCUT2D eigenvalue weighted by Gasteiger charge is 2.31. The van der Waals surface area contributed by atoms with Crippen molar-refractivity contribution >= 4 is 45.9 Å². The van der Waals surface area contributed by atoms with E-state index in [1.165, 1.54) is 0 Å². The maximum Gasteiger partial charge on any atom is 0.328 e. The second-order valence-electron chi connectivity index (χ2n) is 14.9. The summed E-state index contributed by atoms with van der Waals surface area (Å²) in [5, 5.41) is 90.6. The summed E-state index contributed by atoms with van der Waals surface area (Å²) in [6.45, 7) is 17.7. The molecule has 0 saturated carbocycles. The van der Waals surface area contributed by atoms with Crippen molar-refractivity contribution in [3.05, 3.63) is 45.5 Å². The van der Waals surface area contributed by atoms with Gasteiger partial charge in [-0.3, -0.25) is 9.98 Å². The molecule has 0 radical (unpaired) electrons. The van der Waals surface area contributed by atoms with Gasteiger partial charge in [0.25, 0.3) is 0 Å². The SMILES string of the molecule is CC[C@@H](C)[C@@H](N=Cc1c(O)c(O)c(C(C)C)c2cc(C)c(-c3c(C)cc4c(C(C)C)c(O)c(O)c(C=N[C@H](C(=O)O)[C@@H](C)CC)c4c3O)c(O)c12)C(=O)O. The van der Waals surface area contributed by atoms with Gasteiger partial charge in [0.15, 0.2) is 23.0 Å². The van der Waals surface area contributed by atoms with E-state index in [0.717, 1.165) is 12.4 Å². The average Bonchev–Trinajstić information content (AvgIpc) is 3.08. The molecule has 4 aromatic rings. The van der Waals surface area contributed by atoms with Crippen LogP contribution in [0.3, 0.4) is 0 Å². The molecule has 4 atom stereocenters. The third kappa shape index (κ3) is 7.09. The first-order valence-corrected chi connectivity index (χ1v) is 18.2. The molecule has 0 aromatic heterocycles. The Morgan fingerprint density at radius 2 is 0.889 bits per heavy atom. The number of hydrogen-bond acceptors (Lipinski definition) is 10. The summed E-state index contributed by atoms with van der Waals surface area (Å²) < 4.78 is 0. The van der Waals surface area contributed by atoms with Crippen LogP contribution in [0.15, 0.2) is 22.1 Å². The zero-order chi connectivity index (χ0) is 40.7. The molecule has 0 unspecified atom stereocenters. The number of aliphatic imine (C=N–C) groups is 2. The summed E-state index contributed by atoms with van der Waals surface area (Å²) in [5.74, 6) is -6.70. The number of nitrogens with zero attached hydrogens (tertiary/aromatic N) is 2. The smallest absolute Gasteiger partial charge is 0.328 e. The van der Waals surface area contributed by atoms with Crippen molar-refractivity contribution in [2.75, 3.05) is 0 Å². The summed E-state index contributed by atoms with van der Waals surface area (Å²) in [7, 11) is 0. The maximum absolute atomic E-state index is 12.3. The largest absolute Gasteiger partial charge is 0.507 e. The Hall–Kier alpha value is -5.52. The molecule has 12 nitrogen and oxygen atoms in total. The third-order valence-corrected chi connectivity index (χ3v) is 10.6. The molecular weight excluding hydrogens is 692 g/mol. The van der Waals surface area contributed by atoms with E-state index in [0.29, 0.717) is 45.9 Å². The molecule has 0 bridgehead atoms. The van der Waals surface area contributed by atoms with Crippen LogP contribution in [0.25, 0.3) is 32.7 Å².